The van der Waals surface area contributed by atoms with Gasteiger partial charge in [0.2, 0.25) is 0 Å². The second-order valence-corrected chi connectivity index (χ2v) is 5.29. The maximum Gasteiger partial charge on any atom is 0.258 e. The average molecular weight is 303 g/mol. The van der Waals surface area contributed by atoms with Gasteiger partial charge in [-0.25, -0.2) is 4.98 Å². The first-order chi connectivity index (χ1) is 10.5. The van der Waals surface area contributed by atoms with Gasteiger partial charge < -0.3 is 20.1 Å². The van der Waals surface area contributed by atoms with Gasteiger partial charge in [-0.1, -0.05) is 5.16 Å². The molecule has 0 aliphatic carbocycles. The number of rotatable bonds is 7. The topological polar surface area (TPSA) is 83.3 Å². The van der Waals surface area contributed by atoms with Crippen molar-refractivity contribution in [3.63, 3.8) is 0 Å². The Morgan fingerprint density at radius 2 is 2.14 bits per heavy atom. The van der Waals surface area contributed by atoms with Crippen LogP contribution >= 0.6 is 0 Å². The summed E-state index contributed by atoms with van der Waals surface area (Å²) in [6.07, 6.45) is 2.57. The van der Waals surface area contributed by atoms with Crippen LogP contribution in [0.4, 0.5) is 11.6 Å². The number of carbonyl (C=O) groups excluding carboxylic acids is 1. The maximum atomic E-state index is 12.0. The minimum atomic E-state index is -0.264. The van der Waals surface area contributed by atoms with Crippen molar-refractivity contribution in [3.8, 4) is 0 Å². The van der Waals surface area contributed by atoms with Gasteiger partial charge in [0.05, 0.1) is 5.56 Å². The molecule has 0 spiro atoms. The van der Waals surface area contributed by atoms with Crippen LogP contribution in [0.1, 0.15) is 22.5 Å². The molecule has 0 saturated heterocycles. The van der Waals surface area contributed by atoms with E-state index in [0.717, 1.165) is 25.3 Å². The van der Waals surface area contributed by atoms with Crippen molar-refractivity contribution < 1.29 is 9.32 Å². The highest BCUT2D eigenvalue weighted by atomic mass is 16.5. The molecular formula is C15H21N5O2. The third kappa shape index (κ3) is 4.85. The van der Waals surface area contributed by atoms with Gasteiger partial charge in [-0.15, -0.1) is 0 Å². The third-order valence-corrected chi connectivity index (χ3v) is 2.98. The van der Waals surface area contributed by atoms with Crippen LogP contribution in [0.15, 0.2) is 28.9 Å². The molecule has 2 aromatic heterocycles. The SMILES string of the molecule is Cc1cc(NC(=O)c2ccc(NCCCN(C)C)nc2)no1. The van der Waals surface area contributed by atoms with Crippen LogP contribution in [0.5, 0.6) is 0 Å². The van der Waals surface area contributed by atoms with E-state index in [9.17, 15) is 4.79 Å². The summed E-state index contributed by atoms with van der Waals surface area (Å²) in [4.78, 5) is 18.4. The summed E-state index contributed by atoms with van der Waals surface area (Å²) in [6, 6.07) is 5.17. The first-order valence-electron chi connectivity index (χ1n) is 7.14. The highest BCUT2D eigenvalue weighted by Crippen LogP contribution is 2.10. The van der Waals surface area contributed by atoms with E-state index in [-0.39, 0.29) is 5.91 Å². The molecule has 7 nitrogen and oxygen atoms in total. The molecule has 22 heavy (non-hydrogen) atoms. The van der Waals surface area contributed by atoms with Crippen molar-refractivity contribution >= 4 is 17.5 Å². The van der Waals surface area contributed by atoms with E-state index >= 15 is 0 Å². The summed E-state index contributed by atoms with van der Waals surface area (Å²) in [6.45, 7) is 3.63. The molecule has 118 valence electrons. The predicted octanol–water partition coefficient (Wildman–Crippen LogP) is 1.99. The molecule has 2 N–H and O–H groups in total. The Bertz CT molecular complexity index is 607. The largest absolute Gasteiger partial charge is 0.370 e. The fourth-order valence-corrected chi connectivity index (χ4v) is 1.86. The molecule has 2 rings (SSSR count). The third-order valence-electron chi connectivity index (χ3n) is 2.98. The first kappa shape index (κ1) is 16.0. The number of nitrogens with one attached hydrogen (secondary N) is 2. The fourth-order valence-electron chi connectivity index (χ4n) is 1.86. The van der Waals surface area contributed by atoms with Crippen molar-refractivity contribution in [2.45, 2.75) is 13.3 Å². The lowest BCUT2D eigenvalue weighted by molar-refractivity contribution is 0.102. The Morgan fingerprint density at radius 1 is 1.32 bits per heavy atom. The van der Waals surface area contributed by atoms with E-state index < -0.39 is 0 Å². The van der Waals surface area contributed by atoms with Gasteiger partial charge in [-0.2, -0.15) is 0 Å². The lowest BCUT2D eigenvalue weighted by Gasteiger charge is -2.10. The normalized spacial score (nSPS) is 10.7. The lowest BCUT2D eigenvalue weighted by atomic mass is 10.2. The second kappa shape index (κ2) is 7.56. The second-order valence-electron chi connectivity index (χ2n) is 5.29. The monoisotopic (exact) mass is 303 g/mol. The van der Waals surface area contributed by atoms with Gasteiger partial charge in [0.15, 0.2) is 5.82 Å². The Labute approximate surface area is 129 Å². The highest BCUT2D eigenvalue weighted by Gasteiger charge is 2.09. The van der Waals surface area contributed by atoms with Crippen molar-refractivity contribution in [2.75, 3.05) is 37.8 Å². The predicted molar refractivity (Wildman–Crippen MR) is 85.1 cm³/mol. The van der Waals surface area contributed by atoms with Gasteiger partial charge in [0, 0.05) is 18.8 Å². The zero-order valence-electron chi connectivity index (χ0n) is 13.1. The average Bonchev–Trinajstić information content (AvgIpc) is 2.89. The lowest BCUT2D eigenvalue weighted by Crippen LogP contribution is -2.17. The quantitative estimate of drug-likeness (QED) is 0.761. The molecule has 2 heterocycles. The van der Waals surface area contributed by atoms with Crippen LogP contribution in [0.2, 0.25) is 0 Å². The van der Waals surface area contributed by atoms with Crippen LogP contribution < -0.4 is 10.6 Å². The number of hydrogen-bond acceptors (Lipinski definition) is 6. The summed E-state index contributed by atoms with van der Waals surface area (Å²) in [5.41, 5.74) is 0.472. The number of nitrogens with zero attached hydrogens (tertiary/aromatic N) is 3. The molecule has 0 saturated carbocycles. The van der Waals surface area contributed by atoms with Gasteiger partial charge in [0.1, 0.15) is 11.6 Å². The van der Waals surface area contributed by atoms with Crippen molar-refractivity contribution in [1.82, 2.24) is 15.0 Å². The molecule has 0 atom stereocenters. The zero-order chi connectivity index (χ0) is 15.9. The number of aromatic nitrogens is 2. The Kier molecular flexibility index (Phi) is 5.48. The van der Waals surface area contributed by atoms with E-state index in [2.05, 4.69) is 25.7 Å². The van der Waals surface area contributed by atoms with E-state index in [1.165, 1.54) is 6.20 Å². The number of pyridine rings is 1. The number of hydrogen-bond donors (Lipinski definition) is 2. The highest BCUT2D eigenvalue weighted by molar-refractivity contribution is 6.03. The smallest absolute Gasteiger partial charge is 0.258 e. The number of carbonyl (C=O) groups is 1. The van der Waals surface area contributed by atoms with Crippen molar-refractivity contribution in [2.24, 2.45) is 0 Å². The molecule has 0 aromatic carbocycles. The van der Waals surface area contributed by atoms with E-state index in [4.69, 9.17) is 4.52 Å². The number of aryl methyl sites for hydroxylation is 1. The fraction of sp³-hybridized carbons (Fsp3) is 0.400. The molecule has 7 heteroatoms. The van der Waals surface area contributed by atoms with Gasteiger partial charge in [-0.3, -0.25) is 4.79 Å². The maximum absolute atomic E-state index is 12.0. The summed E-state index contributed by atoms with van der Waals surface area (Å²) < 4.78 is 4.90. The van der Waals surface area contributed by atoms with Crippen LogP contribution in [0.3, 0.4) is 0 Å². The Hall–Kier alpha value is -2.41. The van der Waals surface area contributed by atoms with Gasteiger partial charge in [0.25, 0.3) is 5.91 Å². The Balaban J connectivity index is 1.84. The van der Waals surface area contributed by atoms with E-state index in [1.807, 2.05) is 14.1 Å². The van der Waals surface area contributed by atoms with Crippen LogP contribution in [0.25, 0.3) is 0 Å². The van der Waals surface area contributed by atoms with Gasteiger partial charge in [-0.05, 0) is 46.1 Å². The van der Waals surface area contributed by atoms with Crippen LogP contribution in [-0.4, -0.2) is 48.1 Å². The molecule has 0 bridgehead atoms. The number of amides is 1. The van der Waals surface area contributed by atoms with Crippen molar-refractivity contribution in [3.05, 3.63) is 35.7 Å². The Morgan fingerprint density at radius 3 is 2.73 bits per heavy atom. The molecule has 0 aliphatic heterocycles. The summed E-state index contributed by atoms with van der Waals surface area (Å²) in [7, 11) is 4.09. The minimum Gasteiger partial charge on any atom is -0.370 e. The molecular weight excluding hydrogens is 282 g/mol. The molecule has 2 aromatic rings. The summed E-state index contributed by atoms with van der Waals surface area (Å²) in [5.74, 6) is 1.53. The molecule has 0 aliphatic rings. The standard InChI is InChI=1S/C15H21N5O2/c1-11-9-14(19-22-11)18-15(21)12-5-6-13(17-10-12)16-7-4-8-20(2)3/h5-6,9-10H,4,7-8H2,1-3H3,(H,16,17)(H,18,19,21). The van der Waals surface area contributed by atoms with Gasteiger partial charge >= 0.3 is 0 Å². The molecule has 1 amide bonds. The zero-order valence-corrected chi connectivity index (χ0v) is 13.1. The van der Waals surface area contributed by atoms with Crippen LogP contribution in [0, 0.1) is 6.92 Å². The molecule has 0 radical (unpaired) electrons. The summed E-state index contributed by atoms with van der Waals surface area (Å²) >= 11 is 0. The van der Waals surface area contributed by atoms with Crippen molar-refractivity contribution in [1.29, 1.82) is 0 Å². The van der Waals surface area contributed by atoms with E-state index in [0.29, 0.717) is 17.1 Å². The van der Waals surface area contributed by atoms with E-state index in [1.54, 1.807) is 25.1 Å². The van der Waals surface area contributed by atoms with Crippen LogP contribution in [-0.2, 0) is 0 Å². The molecule has 0 fully saturated rings. The minimum absolute atomic E-state index is 0.264. The number of anilines is 2. The summed E-state index contributed by atoms with van der Waals surface area (Å²) in [5, 5.41) is 9.60. The first-order valence-corrected chi connectivity index (χ1v) is 7.14. The molecule has 0 unspecified atom stereocenters.